The molecule has 4 heteroatoms. The van der Waals surface area contributed by atoms with Crippen LogP contribution in [0, 0.1) is 0 Å². The highest BCUT2D eigenvalue weighted by Crippen LogP contribution is 2.32. The van der Waals surface area contributed by atoms with Crippen LogP contribution < -0.4 is 10.2 Å². The highest BCUT2D eigenvalue weighted by atomic mass is 16.5. The normalized spacial score (nSPS) is 11.1. The fourth-order valence-electron chi connectivity index (χ4n) is 3.39. The van der Waals surface area contributed by atoms with E-state index in [1.807, 2.05) is 36.4 Å². The second-order valence-electron chi connectivity index (χ2n) is 6.49. The quantitative estimate of drug-likeness (QED) is 0.403. The number of ether oxygens (including phenoxy) is 1. The van der Waals surface area contributed by atoms with E-state index in [1.54, 1.807) is 36.6 Å². The molecule has 0 saturated carbocycles. The van der Waals surface area contributed by atoms with E-state index in [4.69, 9.17) is 13.6 Å². The Morgan fingerprint density at radius 3 is 2.43 bits per heavy atom. The van der Waals surface area contributed by atoms with Crippen molar-refractivity contribution in [3.8, 4) is 17.3 Å². The first-order valence-electron chi connectivity index (χ1n) is 9.00. The lowest BCUT2D eigenvalue weighted by atomic mass is 10.1. The van der Waals surface area contributed by atoms with Gasteiger partial charge in [-0.2, -0.15) is 0 Å². The molecule has 0 spiro atoms. The van der Waals surface area contributed by atoms with Gasteiger partial charge in [-0.05, 0) is 40.6 Å². The largest absolute Gasteiger partial charge is 0.481 e. The SMILES string of the molecule is O=c1c(OCc2cccc3ccccc23)c(-c2ccco2)oc2ccccc12. The first-order valence-corrected chi connectivity index (χ1v) is 9.00. The van der Waals surface area contributed by atoms with E-state index in [0.717, 1.165) is 16.3 Å². The molecule has 0 aliphatic rings. The molecule has 2 aromatic heterocycles. The predicted molar refractivity (Wildman–Crippen MR) is 108 cm³/mol. The number of furan rings is 1. The zero-order chi connectivity index (χ0) is 18.9. The van der Waals surface area contributed by atoms with Crippen molar-refractivity contribution >= 4 is 21.7 Å². The minimum Gasteiger partial charge on any atom is -0.481 e. The Kier molecular flexibility index (Phi) is 3.95. The standard InChI is InChI=1S/C24H16O4/c25-22-19-11-3-4-12-20(19)28-23(21-13-6-14-26-21)24(22)27-15-17-9-5-8-16-7-1-2-10-18(16)17/h1-14H,15H2. The van der Waals surface area contributed by atoms with Crippen LogP contribution in [0.2, 0.25) is 0 Å². The predicted octanol–water partition coefficient (Wildman–Crippen LogP) is 5.79. The van der Waals surface area contributed by atoms with Crippen LogP contribution in [0.25, 0.3) is 33.3 Å². The van der Waals surface area contributed by atoms with Gasteiger partial charge in [0.15, 0.2) is 5.76 Å². The summed E-state index contributed by atoms with van der Waals surface area (Å²) >= 11 is 0. The van der Waals surface area contributed by atoms with E-state index in [2.05, 4.69) is 12.1 Å². The number of rotatable bonds is 4. The second kappa shape index (κ2) is 6.74. The van der Waals surface area contributed by atoms with Gasteiger partial charge in [0, 0.05) is 0 Å². The number of hydrogen-bond acceptors (Lipinski definition) is 4. The van der Waals surface area contributed by atoms with Crippen LogP contribution >= 0.6 is 0 Å². The molecule has 2 heterocycles. The van der Waals surface area contributed by atoms with Crippen molar-refractivity contribution in [2.75, 3.05) is 0 Å². The topological polar surface area (TPSA) is 52.6 Å². The highest BCUT2D eigenvalue weighted by molar-refractivity contribution is 5.85. The average Bonchev–Trinajstić information content (AvgIpc) is 3.28. The van der Waals surface area contributed by atoms with Gasteiger partial charge in [-0.15, -0.1) is 0 Å². The van der Waals surface area contributed by atoms with Crippen molar-refractivity contribution in [2.24, 2.45) is 0 Å². The number of benzene rings is 3. The van der Waals surface area contributed by atoms with Crippen LogP contribution in [0.3, 0.4) is 0 Å². The first kappa shape index (κ1) is 16.4. The Labute approximate surface area is 160 Å². The molecule has 0 saturated heterocycles. The fraction of sp³-hybridized carbons (Fsp3) is 0.0417. The molecule has 0 atom stereocenters. The van der Waals surface area contributed by atoms with Crippen molar-refractivity contribution in [1.82, 2.24) is 0 Å². The van der Waals surface area contributed by atoms with Crippen molar-refractivity contribution in [2.45, 2.75) is 6.61 Å². The summed E-state index contributed by atoms with van der Waals surface area (Å²) in [4.78, 5) is 13.1. The molecule has 3 aromatic carbocycles. The number of fused-ring (bicyclic) bond motifs is 2. The molecule has 5 rings (SSSR count). The molecule has 136 valence electrons. The summed E-state index contributed by atoms with van der Waals surface area (Å²) in [7, 11) is 0. The summed E-state index contributed by atoms with van der Waals surface area (Å²) in [5.41, 5.74) is 1.28. The maximum Gasteiger partial charge on any atom is 0.235 e. The summed E-state index contributed by atoms with van der Waals surface area (Å²) in [6, 6.07) is 24.7. The van der Waals surface area contributed by atoms with Gasteiger partial charge in [0.1, 0.15) is 12.2 Å². The molecular weight excluding hydrogens is 352 g/mol. The van der Waals surface area contributed by atoms with Crippen molar-refractivity contribution in [3.63, 3.8) is 0 Å². The Morgan fingerprint density at radius 2 is 1.57 bits per heavy atom. The smallest absolute Gasteiger partial charge is 0.235 e. The molecule has 0 amide bonds. The van der Waals surface area contributed by atoms with E-state index >= 15 is 0 Å². The maximum absolute atomic E-state index is 13.1. The second-order valence-corrected chi connectivity index (χ2v) is 6.49. The minimum absolute atomic E-state index is 0.154. The molecule has 5 aromatic rings. The van der Waals surface area contributed by atoms with Gasteiger partial charge in [0.25, 0.3) is 0 Å². The van der Waals surface area contributed by atoms with E-state index < -0.39 is 0 Å². The molecule has 0 radical (unpaired) electrons. The van der Waals surface area contributed by atoms with Crippen LogP contribution in [-0.2, 0) is 6.61 Å². The Hall–Kier alpha value is -3.79. The minimum atomic E-state index is -0.214. The summed E-state index contributed by atoms with van der Waals surface area (Å²) in [6.07, 6.45) is 1.54. The third kappa shape index (κ3) is 2.76. The number of para-hydroxylation sites is 1. The first-order chi connectivity index (χ1) is 13.8. The lowest BCUT2D eigenvalue weighted by Crippen LogP contribution is -2.10. The van der Waals surface area contributed by atoms with Gasteiger partial charge in [-0.3, -0.25) is 4.79 Å². The molecular formula is C24H16O4. The Balaban J connectivity index is 1.63. The van der Waals surface area contributed by atoms with Crippen LogP contribution in [0.5, 0.6) is 5.75 Å². The maximum atomic E-state index is 13.1. The van der Waals surface area contributed by atoms with E-state index in [-0.39, 0.29) is 17.8 Å². The van der Waals surface area contributed by atoms with Gasteiger partial charge in [0.05, 0.1) is 11.6 Å². The summed E-state index contributed by atoms with van der Waals surface area (Å²) in [5, 5.41) is 2.70. The third-order valence-corrected chi connectivity index (χ3v) is 4.75. The molecule has 0 unspecified atom stereocenters. The molecule has 0 fully saturated rings. The van der Waals surface area contributed by atoms with Crippen LogP contribution in [-0.4, -0.2) is 0 Å². The molecule has 28 heavy (non-hydrogen) atoms. The van der Waals surface area contributed by atoms with Gasteiger partial charge < -0.3 is 13.6 Å². The van der Waals surface area contributed by atoms with Crippen LogP contribution in [0.15, 0.2) is 98.8 Å². The van der Waals surface area contributed by atoms with Gasteiger partial charge >= 0.3 is 0 Å². The number of hydrogen-bond donors (Lipinski definition) is 0. The van der Waals surface area contributed by atoms with Gasteiger partial charge in [-0.1, -0.05) is 54.6 Å². The summed E-state index contributed by atoms with van der Waals surface area (Å²) in [6.45, 7) is 0.248. The zero-order valence-corrected chi connectivity index (χ0v) is 14.9. The Morgan fingerprint density at radius 1 is 0.786 bits per heavy atom. The molecule has 0 aliphatic carbocycles. The van der Waals surface area contributed by atoms with Crippen molar-refractivity contribution < 1.29 is 13.6 Å². The molecule has 4 nitrogen and oxygen atoms in total. The van der Waals surface area contributed by atoms with E-state index in [1.165, 1.54) is 0 Å². The zero-order valence-electron chi connectivity index (χ0n) is 14.9. The summed E-state index contributed by atoms with van der Waals surface area (Å²) in [5.74, 6) is 0.909. The summed E-state index contributed by atoms with van der Waals surface area (Å²) < 4.78 is 17.5. The van der Waals surface area contributed by atoms with Crippen molar-refractivity contribution in [3.05, 3.63) is 101 Å². The van der Waals surface area contributed by atoms with E-state index in [9.17, 15) is 4.79 Å². The third-order valence-electron chi connectivity index (χ3n) is 4.75. The van der Waals surface area contributed by atoms with Gasteiger partial charge in [0.2, 0.25) is 16.9 Å². The Bertz CT molecular complexity index is 1320. The molecule has 0 bridgehead atoms. The van der Waals surface area contributed by atoms with E-state index in [0.29, 0.717) is 22.5 Å². The monoisotopic (exact) mass is 368 g/mol. The lowest BCUT2D eigenvalue weighted by Gasteiger charge is -2.11. The van der Waals surface area contributed by atoms with Gasteiger partial charge in [-0.25, -0.2) is 0 Å². The fourth-order valence-corrected chi connectivity index (χ4v) is 3.39. The van der Waals surface area contributed by atoms with Crippen LogP contribution in [0.4, 0.5) is 0 Å². The molecule has 0 N–H and O–H groups in total. The van der Waals surface area contributed by atoms with Crippen LogP contribution in [0.1, 0.15) is 5.56 Å². The lowest BCUT2D eigenvalue weighted by molar-refractivity contribution is 0.297. The molecule has 0 aliphatic heterocycles. The average molecular weight is 368 g/mol. The van der Waals surface area contributed by atoms with Crippen molar-refractivity contribution in [1.29, 1.82) is 0 Å². The highest BCUT2D eigenvalue weighted by Gasteiger charge is 2.19.